The molecule has 0 saturated carbocycles. The Labute approximate surface area is 86.5 Å². The fourth-order valence-electron chi connectivity index (χ4n) is 0.940. The van der Waals surface area contributed by atoms with Crippen molar-refractivity contribution in [1.82, 2.24) is 5.32 Å². The van der Waals surface area contributed by atoms with Crippen molar-refractivity contribution in [2.45, 2.75) is 45.3 Å². The normalized spacial score (nSPS) is 14.5. The van der Waals surface area contributed by atoms with Crippen molar-refractivity contribution in [3.05, 3.63) is 0 Å². The molecule has 0 fully saturated rings. The Morgan fingerprint density at radius 1 is 1.38 bits per heavy atom. The summed E-state index contributed by atoms with van der Waals surface area (Å²) in [6.07, 6.45) is 4.58. The van der Waals surface area contributed by atoms with Crippen LogP contribution in [0.3, 0.4) is 0 Å². The molecule has 0 aliphatic rings. The molecule has 0 aromatic carbocycles. The van der Waals surface area contributed by atoms with Crippen LogP contribution in [0.2, 0.25) is 0 Å². The number of rotatable bonds is 7. The van der Waals surface area contributed by atoms with E-state index in [1.165, 1.54) is 18.6 Å². The van der Waals surface area contributed by atoms with E-state index >= 15 is 0 Å². The second kappa shape index (κ2) is 6.68. The van der Waals surface area contributed by atoms with Gasteiger partial charge < -0.3 is 10.4 Å². The molecule has 1 atom stereocenters. The number of aliphatic hydroxyl groups is 1. The smallest absolute Gasteiger partial charge is 0.0741 e. The lowest BCUT2D eigenvalue weighted by atomic mass is 10.0. The summed E-state index contributed by atoms with van der Waals surface area (Å²) in [7, 11) is 0. The fourth-order valence-corrected chi connectivity index (χ4v) is 1.43. The molecule has 1 unspecified atom stereocenters. The number of nitrogens with one attached hydrogen (secondary N) is 1. The van der Waals surface area contributed by atoms with Gasteiger partial charge in [-0.05, 0) is 52.2 Å². The van der Waals surface area contributed by atoms with E-state index in [0.717, 1.165) is 6.54 Å². The molecule has 0 aromatic heterocycles. The average molecular weight is 205 g/mol. The molecular formula is C10H23NOS. The third kappa shape index (κ3) is 7.35. The van der Waals surface area contributed by atoms with E-state index in [-0.39, 0.29) is 6.04 Å². The van der Waals surface area contributed by atoms with Gasteiger partial charge in [0.15, 0.2) is 0 Å². The highest BCUT2D eigenvalue weighted by Crippen LogP contribution is 2.07. The molecule has 0 aromatic rings. The van der Waals surface area contributed by atoms with Crippen molar-refractivity contribution in [1.29, 1.82) is 0 Å². The highest BCUT2D eigenvalue weighted by atomic mass is 32.2. The Kier molecular flexibility index (Phi) is 6.82. The van der Waals surface area contributed by atoms with Crippen molar-refractivity contribution in [3.63, 3.8) is 0 Å². The summed E-state index contributed by atoms with van der Waals surface area (Å²) in [4.78, 5) is 0. The van der Waals surface area contributed by atoms with Gasteiger partial charge in [0.05, 0.1) is 5.60 Å². The minimum absolute atomic E-state index is 0.168. The van der Waals surface area contributed by atoms with Gasteiger partial charge in [-0.2, -0.15) is 11.8 Å². The third-order valence-corrected chi connectivity index (χ3v) is 2.98. The standard InChI is InChI=1S/C10H23NOS/c1-9(10(2,3)12)11-7-5-6-8-13-4/h9,11-12H,5-8H2,1-4H3. The Hall–Kier alpha value is 0.270. The minimum Gasteiger partial charge on any atom is -0.389 e. The molecule has 0 heterocycles. The van der Waals surface area contributed by atoms with Gasteiger partial charge in [-0.25, -0.2) is 0 Å². The summed E-state index contributed by atoms with van der Waals surface area (Å²) in [6.45, 7) is 6.71. The van der Waals surface area contributed by atoms with Crippen LogP contribution in [0.25, 0.3) is 0 Å². The van der Waals surface area contributed by atoms with E-state index in [4.69, 9.17) is 0 Å². The van der Waals surface area contributed by atoms with Crippen molar-refractivity contribution in [2.24, 2.45) is 0 Å². The first-order valence-electron chi connectivity index (χ1n) is 4.93. The first-order valence-corrected chi connectivity index (χ1v) is 6.32. The van der Waals surface area contributed by atoms with Gasteiger partial charge in [0.2, 0.25) is 0 Å². The number of hydrogen-bond donors (Lipinski definition) is 2. The largest absolute Gasteiger partial charge is 0.389 e. The molecule has 80 valence electrons. The molecule has 0 aliphatic heterocycles. The first kappa shape index (κ1) is 13.3. The van der Waals surface area contributed by atoms with Gasteiger partial charge in [0.25, 0.3) is 0 Å². The van der Waals surface area contributed by atoms with Crippen LogP contribution in [-0.2, 0) is 0 Å². The van der Waals surface area contributed by atoms with E-state index < -0.39 is 5.60 Å². The van der Waals surface area contributed by atoms with Gasteiger partial charge in [-0.3, -0.25) is 0 Å². The minimum atomic E-state index is -0.612. The molecule has 0 bridgehead atoms. The fraction of sp³-hybridized carbons (Fsp3) is 1.00. The predicted octanol–water partition coefficient (Wildman–Crippen LogP) is 1.88. The summed E-state index contributed by atoms with van der Waals surface area (Å²) in [6, 6.07) is 0.168. The Bertz CT molecular complexity index is 123. The van der Waals surface area contributed by atoms with Gasteiger partial charge >= 0.3 is 0 Å². The lowest BCUT2D eigenvalue weighted by Crippen LogP contribution is -2.44. The summed E-state index contributed by atoms with van der Waals surface area (Å²) in [5.74, 6) is 1.23. The topological polar surface area (TPSA) is 32.3 Å². The van der Waals surface area contributed by atoms with Crippen LogP contribution in [0.1, 0.15) is 33.6 Å². The molecule has 2 nitrogen and oxygen atoms in total. The Morgan fingerprint density at radius 3 is 2.46 bits per heavy atom. The van der Waals surface area contributed by atoms with E-state index in [9.17, 15) is 5.11 Å². The maximum absolute atomic E-state index is 9.62. The maximum Gasteiger partial charge on any atom is 0.0741 e. The van der Waals surface area contributed by atoms with Crippen LogP contribution in [0, 0.1) is 0 Å². The van der Waals surface area contributed by atoms with Crippen LogP contribution < -0.4 is 5.32 Å². The van der Waals surface area contributed by atoms with Crippen molar-refractivity contribution >= 4 is 11.8 Å². The number of hydrogen-bond acceptors (Lipinski definition) is 3. The van der Waals surface area contributed by atoms with E-state index in [2.05, 4.69) is 11.6 Å². The monoisotopic (exact) mass is 205 g/mol. The molecule has 3 heteroatoms. The number of thioether (sulfide) groups is 1. The summed E-state index contributed by atoms with van der Waals surface area (Å²) in [5, 5.41) is 12.9. The van der Waals surface area contributed by atoms with Crippen LogP contribution in [0.5, 0.6) is 0 Å². The molecule has 0 rings (SSSR count). The second-order valence-corrected chi connectivity index (χ2v) is 5.01. The molecule has 0 radical (unpaired) electrons. The van der Waals surface area contributed by atoms with Crippen molar-refractivity contribution < 1.29 is 5.11 Å². The zero-order chi connectivity index (χ0) is 10.3. The van der Waals surface area contributed by atoms with Crippen molar-refractivity contribution in [2.75, 3.05) is 18.6 Å². The SMILES string of the molecule is CSCCCCNC(C)C(C)(C)O. The van der Waals surface area contributed by atoms with Crippen molar-refractivity contribution in [3.8, 4) is 0 Å². The lowest BCUT2D eigenvalue weighted by Gasteiger charge is -2.26. The highest BCUT2D eigenvalue weighted by molar-refractivity contribution is 7.98. The quantitative estimate of drug-likeness (QED) is 0.622. The third-order valence-electron chi connectivity index (χ3n) is 2.29. The first-order chi connectivity index (χ1) is 5.98. The van der Waals surface area contributed by atoms with E-state index in [1.807, 2.05) is 32.5 Å². The Balaban J connectivity index is 3.32. The predicted molar refractivity (Wildman–Crippen MR) is 61.4 cm³/mol. The molecular weight excluding hydrogens is 182 g/mol. The van der Waals surface area contributed by atoms with Gasteiger partial charge in [-0.15, -0.1) is 0 Å². The van der Waals surface area contributed by atoms with Crippen LogP contribution in [0.15, 0.2) is 0 Å². The summed E-state index contributed by atoms with van der Waals surface area (Å²) in [5.41, 5.74) is -0.612. The summed E-state index contributed by atoms with van der Waals surface area (Å²) >= 11 is 1.89. The molecule has 0 saturated heterocycles. The van der Waals surface area contributed by atoms with Crippen LogP contribution in [-0.4, -0.2) is 35.3 Å². The molecule has 2 N–H and O–H groups in total. The zero-order valence-electron chi connectivity index (χ0n) is 9.26. The highest BCUT2D eigenvalue weighted by Gasteiger charge is 2.20. The van der Waals surface area contributed by atoms with E-state index in [0.29, 0.717) is 0 Å². The maximum atomic E-state index is 9.62. The molecule has 0 aliphatic carbocycles. The molecule has 13 heavy (non-hydrogen) atoms. The molecule has 0 spiro atoms. The molecule has 0 amide bonds. The summed E-state index contributed by atoms with van der Waals surface area (Å²) < 4.78 is 0. The van der Waals surface area contributed by atoms with Gasteiger partial charge in [-0.1, -0.05) is 0 Å². The zero-order valence-corrected chi connectivity index (χ0v) is 10.1. The lowest BCUT2D eigenvalue weighted by molar-refractivity contribution is 0.0444. The number of unbranched alkanes of at least 4 members (excludes halogenated alkanes) is 1. The average Bonchev–Trinajstić information content (AvgIpc) is 2.02. The van der Waals surface area contributed by atoms with Crippen LogP contribution >= 0.6 is 11.8 Å². The Morgan fingerprint density at radius 2 is 2.00 bits per heavy atom. The van der Waals surface area contributed by atoms with Crippen LogP contribution in [0.4, 0.5) is 0 Å². The van der Waals surface area contributed by atoms with Gasteiger partial charge in [0, 0.05) is 6.04 Å². The second-order valence-electron chi connectivity index (χ2n) is 4.03. The van der Waals surface area contributed by atoms with Gasteiger partial charge in [0.1, 0.15) is 0 Å². The van der Waals surface area contributed by atoms with E-state index in [1.54, 1.807) is 0 Å².